The van der Waals surface area contributed by atoms with Crippen molar-refractivity contribution < 1.29 is 48.3 Å². The molecule has 5 aromatic carbocycles. The summed E-state index contributed by atoms with van der Waals surface area (Å²) in [6, 6.07) is 25.0. The first-order valence-corrected chi connectivity index (χ1v) is 27.6. The number of hydrogen-bond acceptors (Lipinski definition) is 8. The molecule has 69 heavy (non-hydrogen) atoms. The molecule has 0 amide bonds. The van der Waals surface area contributed by atoms with Crippen LogP contribution in [0.15, 0.2) is 125 Å². The highest BCUT2D eigenvalue weighted by atomic mass is 32.2. The molecule has 2 aliphatic rings. The SMILES string of the molecule is C#CCCC(=O)CCCCc1cccc(C(C=CC2=[N+](CCC)c3ccc4ccc(S(=O)(=O)O)cc4c3C2(C)C)=CC=C2N(CCCS(=O)(=O)O)c3ccc4c(S(=O)(=O)O)cccc4c3C2(C)C)c1. The third-order valence-corrected chi connectivity index (χ3v) is 15.9. The highest BCUT2D eigenvalue weighted by Gasteiger charge is 2.46. The Morgan fingerprint density at radius 1 is 0.783 bits per heavy atom. The first-order chi connectivity index (χ1) is 32.5. The molecule has 12 nitrogen and oxygen atoms in total. The summed E-state index contributed by atoms with van der Waals surface area (Å²) in [5.74, 6) is 2.21. The third-order valence-electron chi connectivity index (χ3n) is 13.3. The number of ketones is 1. The minimum absolute atomic E-state index is 0.0877. The fourth-order valence-electron chi connectivity index (χ4n) is 10.1. The zero-order valence-electron chi connectivity index (χ0n) is 39.6. The topological polar surface area (TPSA) is 186 Å². The molecule has 0 atom stereocenters. The van der Waals surface area contributed by atoms with E-state index in [0.29, 0.717) is 36.6 Å². The maximum absolute atomic E-state index is 12.6. The standard InChI is InChI=1S/C54H58N2O10S3/c1-7-9-18-41(57)19-11-10-15-37-16-12-17-40(35-37)38(24-30-49-54(5,6)52-45-36-42(68(61,62)63)26-22-39(45)23-28-46(52)55(49)32-8-2)25-31-50-53(3,4)51-44-20-13-21-48(69(64,65)66)43(44)27-29-47(51)56(50)33-14-34-67(58,59)60/h1,12-13,16-17,20-31,35-36H,8-11,14-15,18-19,32-34H2,2-6H3,(H2-,58,59,60,61,62,63,64,65,66)/p+1. The minimum atomic E-state index is -4.58. The van der Waals surface area contributed by atoms with Gasteiger partial charge in [0.2, 0.25) is 5.69 Å². The molecule has 0 bridgehead atoms. The Bertz CT molecular complexity index is 3390. The first kappa shape index (κ1) is 51.1. The molecular weight excluding hydrogens is 933 g/mol. The molecule has 0 saturated heterocycles. The van der Waals surface area contributed by atoms with Gasteiger partial charge in [-0.15, -0.1) is 12.3 Å². The Kier molecular flexibility index (Phi) is 14.8. The van der Waals surface area contributed by atoms with Crippen LogP contribution in [0.3, 0.4) is 0 Å². The Balaban J connectivity index is 1.38. The van der Waals surface area contributed by atoms with E-state index in [4.69, 9.17) is 6.42 Å². The summed E-state index contributed by atoms with van der Waals surface area (Å²) in [6.07, 6.45) is 18.0. The summed E-state index contributed by atoms with van der Waals surface area (Å²) in [6.45, 7) is 11.2. The van der Waals surface area contributed by atoms with Crippen molar-refractivity contribution in [3.8, 4) is 12.3 Å². The fraction of sp³-hybridized carbons (Fsp3) is 0.333. The average Bonchev–Trinajstić information content (AvgIpc) is 3.63. The number of rotatable bonds is 19. The molecule has 0 saturated carbocycles. The van der Waals surface area contributed by atoms with Gasteiger partial charge >= 0.3 is 0 Å². The van der Waals surface area contributed by atoms with E-state index in [-0.39, 0.29) is 28.5 Å². The number of unbranched alkanes of at least 4 members (excludes halogenated alkanes) is 1. The van der Waals surface area contributed by atoms with E-state index in [2.05, 4.69) is 61.6 Å². The summed E-state index contributed by atoms with van der Waals surface area (Å²) in [5, 5.41) is 2.50. The fourth-order valence-corrected chi connectivity index (χ4v) is 11.8. The van der Waals surface area contributed by atoms with E-state index in [1.807, 2.05) is 49.1 Å². The molecule has 15 heteroatoms. The second-order valence-corrected chi connectivity index (χ2v) is 23.2. The molecule has 0 fully saturated rings. The van der Waals surface area contributed by atoms with Crippen LogP contribution >= 0.6 is 0 Å². The predicted molar refractivity (Wildman–Crippen MR) is 274 cm³/mol. The van der Waals surface area contributed by atoms with Gasteiger partial charge in [-0.25, -0.2) is 0 Å². The van der Waals surface area contributed by atoms with Crippen LogP contribution < -0.4 is 4.90 Å². The van der Waals surface area contributed by atoms with Crippen molar-refractivity contribution in [2.45, 2.75) is 107 Å². The second kappa shape index (κ2) is 19.9. The van der Waals surface area contributed by atoms with Crippen molar-refractivity contribution >= 4 is 80.3 Å². The summed E-state index contributed by atoms with van der Waals surface area (Å²) in [4.78, 5) is 13.9. The van der Waals surface area contributed by atoms with Gasteiger partial charge in [0, 0.05) is 72.1 Å². The molecular formula is C54H59N2O10S3+. The van der Waals surface area contributed by atoms with Gasteiger partial charge in [-0.3, -0.25) is 18.5 Å². The van der Waals surface area contributed by atoms with Gasteiger partial charge in [0.25, 0.3) is 30.4 Å². The second-order valence-electron chi connectivity index (χ2n) is 18.8. The van der Waals surface area contributed by atoms with Gasteiger partial charge in [-0.05, 0) is 120 Å². The Labute approximate surface area is 406 Å². The Hall–Kier alpha value is -5.73. The largest absolute Gasteiger partial charge is 0.344 e. The van der Waals surface area contributed by atoms with Gasteiger partial charge in [0.1, 0.15) is 17.2 Å². The normalized spacial score (nSPS) is 16.5. The molecule has 5 aromatic rings. The molecule has 2 heterocycles. The molecule has 0 aliphatic carbocycles. The zero-order chi connectivity index (χ0) is 50.1. The van der Waals surface area contributed by atoms with E-state index in [1.54, 1.807) is 30.3 Å². The number of hydrogen-bond donors (Lipinski definition) is 3. The number of aryl methyl sites for hydroxylation is 1. The van der Waals surface area contributed by atoms with Gasteiger partial charge in [-0.2, -0.15) is 29.8 Å². The average molecular weight is 992 g/mol. The molecule has 0 spiro atoms. The van der Waals surface area contributed by atoms with Gasteiger partial charge < -0.3 is 4.90 Å². The summed E-state index contributed by atoms with van der Waals surface area (Å²) in [7, 11) is -13.3. The third kappa shape index (κ3) is 10.9. The van der Waals surface area contributed by atoms with Crippen LogP contribution in [0.25, 0.3) is 27.1 Å². The van der Waals surface area contributed by atoms with E-state index in [9.17, 15) is 43.7 Å². The monoisotopic (exact) mass is 991 g/mol. The lowest BCUT2D eigenvalue weighted by atomic mass is 9.79. The Morgan fingerprint density at radius 2 is 1.52 bits per heavy atom. The molecule has 0 aromatic heterocycles. The van der Waals surface area contributed by atoms with E-state index in [0.717, 1.165) is 87.1 Å². The number of allylic oxidation sites excluding steroid dienone is 6. The van der Waals surface area contributed by atoms with Crippen molar-refractivity contribution in [2.75, 3.05) is 23.7 Å². The molecule has 0 unspecified atom stereocenters. The van der Waals surface area contributed by atoms with Crippen molar-refractivity contribution in [3.63, 3.8) is 0 Å². The smallest absolute Gasteiger partial charge is 0.295 e. The maximum Gasteiger partial charge on any atom is 0.295 e. The summed E-state index contributed by atoms with van der Waals surface area (Å²) < 4.78 is 106. The maximum atomic E-state index is 12.6. The van der Waals surface area contributed by atoms with Crippen LogP contribution in [0.4, 0.5) is 11.4 Å². The number of benzene rings is 5. The lowest BCUT2D eigenvalue weighted by Crippen LogP contribution is -2.28. The predicted octanol–water partition coefficient (Wildman–Crippen LogP) is 10.6. The number of Topliss-reactive ketones (excluding diaryl/α,β-unsaturated/α-hetero) is 1. The van der Waals surface area contributed by atoms with Crippen LogP contribution in [-0.4, -0.2) is 73.8 Å². The summed E-state index contributed by atoms with van der Waals surface area (Å²) in [5.41, 5.74) is 6.51. The number of nitrogens with zero attached hydrogens (tertiary/aromatic N) is 2. The van der Waals surface area contributed by atoms with Crippen molar-refractivity contribution in [2.24, 2.45) is 0 Å². The zero-order valence-corrected chi connectivity index (χ0v) is 42.0. The molecule has 7 rings (SSSR count). The quantitative estimate of drug-likeness (QED) is 0.0235. The van der Waals surface area contributed by atoms with Gasteiger partial charge in [0.15, 0.2) is 5.71 Å². The lowest BCUT2D eigenvalue weighted by molar-refractivity contribution is -0.437. The van der Waals surface area contributed by atoms with Crippen LogP contribution in [-0.2, 0) is 52.4 Å². The van der Waals surface area contributed by atoms with Crippen LogP contribution in [0.1, 0.15) is 102 Å². The number of anilines is 1. The first-order valence-electron chi connectivity index (χ1n) is 23.1. The van der Waals surface area contributed by atoms with Gasteiger partial charge in [0.05, 0.1) is 16.1 Å². The van der Waals surface area contributed by atoms with Crippen LogP contribution in [0.2, 0.25) is 0 Å². The number of carbonyl (C=O) groups excluding carboxylic acids is 1. The van der Waals surface area contributed by atoms with Crippen molar-refractivity contribution in [1.29, 1.82) is 0 Å². The number of fused-ring (bicyclic) bond motifs is 6. The van der Waals surface area contributed by atoms with Crippen LogP contribution in [0, 0.1) is 12.3 Å². The van der Waals surface area contributed by atoms with E-state index in [1.165, 1.54) is 18.2 Å². The molecule has 362 valence electrons. The van der Waals surface area contributed by atoms with E-state index < -0.39 is 46.9 Å². The van der Waals surface area contributed by atoms with Crippen LogP contribution in [0.5, 0.6) is 0 Å². The van der Waals surface area contributed by atoms with E-state index >= 15 is 0 Å². The molecule has 3 N–H and O–H groups in total. The van der Waals surface area contributed by atoms with Crippen molar-refractivity contribution in [3.05, 3.63) is 137 Å². The Morgan fingerprint density at radius 3 is 2.22 bits per heavy atom. The molecule has 2 aliphatic heterocycles. The van der Waals surface area contributed by atoms with Crippen molar-refractivity contribution in [1.82, 2.24) is 0 Å². The summed E-state index contributed by atoms with van der Waals surface area (Å²) >= 11 is 0. The lowest BCUT2D eigenvalue weighted by Gasteiger charge is -2.27. The highest BCUT2D eigenvalue weighted by Crippen LogP contribution is 2.52. The molecule has 0 radical (unpaired) electrons. The number of terminal acetylenes is 1. The number of carbonyl (C=O) groups is 1. The van der Waals surface area contributed by atoms with Gasteiger partial charge in [-0.1, -0.05) is 75.4 Å². The minimum Gasteiger partial charge on any atom is -0.344 e. The highest BCUT2D eigenvalue weighted by molar-refractivity contribution is 7.86.